The van der Waals surface area contributed by atoms with Crippen molar-refractivity contribution in [3.8, 4) is 0 Å². The zero-order valence-corrected chi connectivity index (χ0v) is 6.49. The number of amides is 1. The molecule has 11 heavy (non-hydrogen) atoms. The van der Waals surface area contributed by atoms with Crippen LogP contribution in [-0.4, -0.2) is 48.7 Å². The van der Waals surface area contributed by atoms with Gasteiger partial charge in [-0.2, -0.15) is 0 Å². The minimum absolute atomic E-state index is 0.161. The summed E-state index contributed by atoms with van der Waals surface area (Å²) in [4.78, 5) is 12.0. The summed E-state index contributed by atoms with van der Waals surface area (Å²) in [5.41, 5.74) is 0. The van der Waals surface area contributed by atoms with Crippen molar-refractivity contribution in [1.29, 1.82) is 0 Å². The smallest absolute Gasteiger partial charge is 0.207 e. The van der Waals surface area contributed by atoms with Crippen LogP contribution in [0.4, 0.5) is 0 Å². The number of rotatable bonds is 4. The van der Waals surface area contributed by atoms with E-state index in [1.165, 1.54) is 0 Å². The van der Waals surface area contributed by atoms with Crippen LogP contribution in [0.25, 0.3) is 0 Å². The van der Waals surface area contributed by atoms with E-state index in [1.807, 2.05) is 0 Å². The summed E-state index contributed by atoms with van der Waals surface area (Å²) < 4.78 is 0. The van der Waals surface area contributed by atoms with Crippen molar-refractivity contribution < 1.29 is 9.90 Å². The van der Waals surface area contributed by atoms with Gasteiger partial charge in [0.2, 0.25) is 6.41 Å². The predicted molar refractivity (Wildman–Crippen MR) is 41.1 cm³/mol. The molecule has 0 aromatic carbocycles. The van der Waals surface area contributed by atoms with E-state index in [-0.39, 0.29) is 6.10 Å². The molecule has 0 bridgehead atoms. The van der Waals surface area contributed by atoms with Crippen LogP contribution in [0.3, 0.4) is 0 Å². The fourth-order valence-corrected chi connectivity index (χ4v) is 1.30. The Kier molecular flexibility index (Phi) is 3.32. The molecule has 0 aromatic heterocycles. The van der Waals surface area contributed by atoms with Crippen LogP contribution in [0.1, 0.15) is 6.42 Å². The highest BCUT2D eigenvalue weighted by Crippen LogP contribution is 2.06. The highest BCUT2D eigenvalue weighted by Gasteiger charge is 2.18. The van der Waals surface area contributed by atoms with Gasteiger partial charge in [0.25, 0.3) is 0 Å². The van der Waals surface area contributed by atoms with E-state index in [0.29, 0.717) is 13.0 Å². The molecule has 64 valence electrons. The van der Waals surface area contributed by atoms with Gasteiger partial charge < -0.3 is 10.4 Å². The van der Waals surface area contributed by atoms with Gasteiger partial charge in [-0.05, 0) is 6.42 Å². The van der Waals surface area contributed by atoms with Gasteiger partial charge in [0.1, 0.15) is 0 Å². The quantitative estimate of drug-likeness (QED) is 0.399. The normalized spacial score (nSPS) is 25.4. The number of nitrogens with zero attached hydrogens (tertiary/aromatic N) is 1. The molecule has 1 fully saturated rings. The standard InChI is InChI=1S/C7H14N2O2/c10-6-8-2-4-9-3-1-7(11)5-9/h6-7,11H,1-5H2,(H,8,10). The molecule has 1 atom stereocenters. The predicted octanol–water partition coefficient (Wildman–Crippen LogP) is -1.20. The molecule has 0 spiro atoms. The molecule has 1 unspecified atom stereocenters. The van der Waals surface area contributed by atoms with Crippen LogP contribution in [0, 0.1) is 0 Å². The Morgan fingerprint density at radius 3 is 3.09 bits per heavy atom. The SMILES string of the molecule is O=CNCCN1CCC(O)C1. The van der Waals surface area contributed by atoms with Crippen LogP contribution < -0.4 is 5.32 Å². The molecule has 1 aliphatic rings. The number of β-amino-alcohol motifs (C(OH)–C–C–N with tert-alkyl or cyclic N) is 1. The van der Waals surface area contributed by atoms with Crippen LogP contribution >= 0.6 is 0 Å². The van der Waals surface area contributed by atoms with Crippen LogP contribution in [-0.2, 0) is 4.79 Å². The van der Waals surface area contributed by atoms with Crippen LogP contribution in [0.15, 0.2) is 0 Å². The second-order valence-electron chi connectivity index (χ2n) is 2.82. The maximum absolute atomic E-state index is 9.86. The lowest BCUT2D eigenvalue weighted by Gasteiger charge is -2.13. The zero-order valence-electron chi connectivity index (χ0n) is 6.49. The van der Waals surface area contributed by atoms with Crippen molar-refractivity contribution in [3.05, 3.63) is 0 Å². The molecule has 1 saturated heterocycles. The number of aliphatic hydroxyl groups is 1. The van der Waals surface area contributed by atoms with E-state index in [1.54, 1.807) is 0 Å². The minimum atomic E-state index is -0.161. The summed E-state index contributed by atoms with van der Waals surface area (Å²) in [6.07, 6.45) is 1.40. The zero-order chi connectivity index (χ0) is 8.10. The van der Waals surface area contributed by atoms with Crippen molar-refractivity contribution in [2.45, 2.75) is 12.5 Å². The van der Waals surface area contributed by atoms with E-state index in [4.69, 9.17) is 5.11 Å². The van der Waals surface area contributed by atoms with E-state index < -0.39 is 0 Å². The molecule has 0 saturated carbocycles. The lowest BCUT2D eigenvalue weighted by Crippen LogP contribution is -2.30. The summed E-state index contributed by atoms with van der Waals surface area (Å²) in [6, 6.07) is 0. The second kappa shape index (κ2) is 4.31. The topological polar surface area (TPSA) is 52.6 Å². The Morgan fingerprint density at radius 2 is 2.55 bits per heavy atom. The van der Waals surface area contributed by atoms with Crippen LogP contribution in [0.2, 0.25) is 0 Å². The molecule has 0 aliphatic carbocycles. The first-order chi connectivity index (χ1) is 5.33. The first kappa shape index (κ1) is 8.49. The van der Waals surface area contributed by atoms with Crippen molar-refractivity contribution in [3.63, 3.8) is 0 Å². The molecule has 0 aromatic rings. The van der Waals surface area contributed by atoms with E-state index >= 15 is 0 Å². The molecule has 1 amide bonds. The number of nitrogens with one attached hydrogen (secondary N) is 1. The van der Waals surface area contributed by atoms with E-state index in [9.17, 15) is 4.79 Å². The van der Waals surface area contributed by atoms with Gasteiger partial charge in [-0.15, -0.1) is 0 Å². The van der Waals surface area contributed by atoms with Crippen molar-refractivity contribution in [2.24, 2.45) is 0 Å². The summed E-state index contributed by atoms with van der Waals surface area (Å²) >= 11 is 0. The molecule has 1 aliphatic heterocycles. The fourth-order valence-electron chi connectivity index (χ4n) is 1.30. The molecule has 4 heteroatoms. The van der Waals surface area contributed by atoms with Crippen molar-refractivity contribution >= 4 is 6.41 Å². The molecule has 0 radical (unpaired) electrons. The lowest BCUT2D eigenvalue weighted by atomic mass is 10.3. The Morgan fingerprint density at radius 1 is 1.73 bits per heavy atom. The van der Waals surface area contributed by atoms with E-state index in [2.05, 4.69) is 10.2 Å². The average molecular weight is 158 g/mol. The summed E-state index contributed by atoms with van der Waals surface area (Å²) in [5, 5.41) is 11.7. The molecule has 1 rings (SSSR count). The fraction of sp³-hybridized carbons (Fsp3) is 0.857. The van der Waals surface area contributed by atoms with Crippen molar-refractivity contribution in [2.75, 3.05) is 26.2 Å². The number of hydrogen-bond acceptors (Lipinski definition) is 3. The van der Waals surface area contributed by atoms with Gasteiger partial charge in [-0.3, -0.25) is 9.69 Å². The van der Waals surface area contributed by atoms with Gasteiger partial charge in [-0.1, -0.05) is 0 Å². The lowest BCUT2D eigenvalue weighted by molar-refractivity contribution is -0.109. The largest absolute Gasteiger partial charge is 0.392 e. The molecule has 1 heterocycles. The first-order valence-corrected chi connectivity index (χ1v) is 3.90. The number of hydrogen-bond donors (Lipinski definition) is 2. The maximum atomic E-state index is 9.86. The van der Waals surface area contributed by atoms with Gasteiger partial charge in [-0.25, -0.2) is 0 Å². The Bertz CT molecular complexity index is 130. The number of likely N-dealkylation sites (tertiary alicyclic amines) is 1. The third kappa shape index (κ3) is 2.86. The molecule has 2 N–H and O–H groups in total. The van der Waals surface area contributed by atoms with Gasteiger partial charge in [0, 0.05) is 26.2 Å². The summed E-state index contributed by atoms with van der Waals surface area (Å²) in [6.45, 7) is 3.22. The number of carbonyl (C=O) groups excluding carboxylic acids is 1. The second-order valence-corrected chi connectivity index (χ2v) is 2.82. The monoisotopic (exact) mass is 158 g/mol. The van der Waals surface area contributed by atoms with E-state index in [0.717, 1.165) is 26.1 Å². The van der Waals surface area contributed by atoms with Crippen molar-refractivity contribution in [1.82, 2.24) is 10.2 Å². The highest BCUT2D eigenvalue weighted by atomic mass is 16.3. The number of aliphatic hydroxyl groups excluding tert-OH is 1. The molecule has 4 nitrogen and oxygen atoms in total. The Labute approximate surface area is 66.2 Å². The van der Waals surface area contributed by atoms with Gasteiger partial charge in [0.05, 0.1) is 6.10 Å². The third-order valence-corrected chi connectivity index (χ3v) is 1.90. The molecular formula is C7H14N2O2. The third-order valence-electron chi connectivity index (χ3n) is 1.90. The van der Waals surface area contributed by atoms with Crippen LogP contribution in [0.5, 0.6) is 0 Å². The maximum Gasteiger partial charge on any atom is 0.207 e. The minimum Gasteiger partial charge on any atom is -0.392 e. The first-order valence-electron chi connectivity index (χ1n) is 3.90. The average Bonchev–Trinajstić information content (AvgIpc) is 2.37. The Balaban J connectivity index is 2.03. The summed E-state index contributed by atoms with van der Waals surface area (Å²) in [7, 11) is 0. The van der Waals surface area contributed by atoms with Gasteiger partial charge in [0.15, 0.2) is 0 Å². The Hall–Kier alpha value is -0.610. The highest BCUT2D eigenvalue weighted by molar-refractivity contribution is 5.45. The van der Waals surface area contributed by atoms with Gasteiger partial charge >= 0.3 is 0 Å². The number of carbonyl (C=O) groups is 1. The summed E-state index contributed by atoms with van der Waals surface area (Å²) in [5.74, 6) is 0. The molecular weight excluding hydrogens is 144 g/mol.